The summed E-state index contributed by atoms with van der Waals surface area (Å²) in [4.78, 5) is 4.50. The molecule has 0 atom stereocenters. The molecule has 0 saturated heterocycles. The second kappa shape index (κ2) is 6.62. The number of aryl methyl sites for hydroxylation is 1. The summed E-state index contributed by atoms with van der Waals surface area (Å²) in [5, 5.41) is 0. The largest absolute Gasteiger partial charge is 0.468 e. The van der Waals surface area contributed by atoms with E-state index in [2.05, 4.69) is 4.98 Å². The van der Waals surface area contributed by atoms with E-state index in [1.165, 1.54) is 19.2 Å². The molecule has 3 aromatic rings. The fourth-order valence-corrected chi connectivity index (χ4v) is 3.34. The van der Waals surface area contributed by atoms with Gasteiger partial charge in [0.2, 0.25) is 0 Å². The number of ether oxygens (including phenoxy) is 1. The van der Waals surface area contributed by atoms with Crippen molar-refractivity contribution in [2.75, 3.05) is 13.7 Å². The summed E-state index contributed by atoms with van der Waals surface area (Å²) in [5.74, 6) is 0. The Kier molecular flexibility index (Phi) is 4.55. The van der Waals surface area contributed by atoms with E-state index in [0.717, 1.165) is 16.6 Å². The van der Waals surface area contributed by atoms with Crippen LogP contribution in [0.2, 0.25) is 0 Å². The molecule has 1 heterocycles. The molecular formula is C17H18N2O4S. The lowest BCUT2D eigenvalue weighted by molar-refractivity contribution is 0.286. The predicted molar refractivity (Wildman–Crippen MR) is 90.6 cm³/mol. The Morgan fingerprint density at radius 3 is 2.50 bits per heavy atom. The number of para-hydroxylation sites is 2. The van der Waals surface area contributed by atoms with Crippen molar-refractivity contribution in [1.29, 1.82) is 0 Å². The molecule has 0 N–H and O–H groups in total. The highest BCUT2D eigenvalue weighted by molar-refractivity contribution is 7.86. The molecule has 2 aromatic carbocycles. The minimum absolute atomic E-state index is 0.00702. The zero-order valence-electron chi connectivity index (χ0n) is 13.5. The van der Waals surface area contributed by atoms with Gasteiger partial charge in [-0.25, -0.2) is 0 Å². The first kappa shape index (κ1) is 16.5. The van der Waals surface area contributed by atoms with Gasteiger partial charge in [0.15, 0.2) is 0 Å². The maximum atomic E-state index is 12.2. The lowest BCUT2D eigenvalue weighted by Crippen LogP contribution is -2.13. The number of hydrogen-bond donors (Lipinski definition) is 0. The van der Waals surface area contributed by atoms with Gasteiger partial charge in [-0.1, -0.05) is 29.8 Å². The first-order valence-electron chi connectivity index (χ1n) is 7.46. The molecule has 24 heavy (non-hydrogen) atoms. The monoisotopic (exact) mass is 346 g/mol. The maximum Gasteiger partial charge on any atom is 0.297 e. The van der Waals surface area contributed by atoms with Crippen LogP contribution in [0.3, 0.4) is 0 Å². The molecule has 0 radical (unpaired) electrons. The van der Waals surface area contributed by atoms with Gasteiger partial charge < -0.3 is 4.74 Å². The Bertz CT molecular complexity index is 946. The van der Waals surface area contributed by atoms with E-state index >= 15 is 0 Å². The highest BCUT2D eigenvalue weighted by atomic mass is 32.2. The van der Waals surface area contributed by atoms with Crippen molar-refractivity contribution in [3.63, 3.8) is 0 Å². The number of benzene rings is 2. The van der Waals surface area contributed by atoms with Gasteiger partial charge in [-0.3, -0.25) is 8.75 Å². The average Bonchev–Trinajstić information content (AvgIpc) is 2.93. The smallest absolute Gasteiger partial charge is 0.297 e. The summed E-state index contributed by atoms with van der Waals surface area (Å²) < 4.78 is 36.6. The van der Waals surface area contributed by atoms with Gasteiger partial charge in [0.25, 0.3) is 16.1 Å². The van der Waals surface area contributed by atoms with Crippen LogP contribution in [0.4, 0.5) is 0 Å². The number of methoxy groups -OCH3 is 1. The molecule has 6 nitrogen and oxygen atoms in total. The summed E-state index contributed by atoms with van der Waals surface area (Å²) in [6.07, 6.45) is 0. The maximum absolute atomic E-state index is 12.2. The molecule has 3 rings (SSSR count). The van der Waals surface area contributed by atoms with Gasteiger partial charge in [0.1, 0.15) is 0 Å². The van der Waals surface area contributed by atoms with Crippen LogP contribution < -0.4 is 4.74 Å². The molecule has 0 aliphatic carbocycles. The van der Waals surface area contributed by atoms with Crippen LogP contribution in [0, 0.1) is 6.92 Å². The van der Waals surface area contributed by atoms with Gasteiger partial charge in [0, 0.05) is 0 Å². The Balaban J connectivity index is 1.76. The fourth-order valence-electron chi connectivity index (χ4n) is 2.44. The van der Waals surface area contributed by atoms with Crippen LogP contribution in [0.25, 0.3) is 11.0 Å². The summed E-state index contributed by atoms with van der Waals surface area (Å²) in [6.45, 7) is 2.20. The average molecular weight is 346 g/mol. The third-order valence-corrected chi connectivity index (χ3v) is 4.99. The van der Waals surface area contributed by atoms with E-state index in [0.29, 0.717) is 12.6 Å². The molecule has 1 aromatic heterocycles. The first-order chi connectivity index (χ1) is 11.5. The molecule has 0 unspecified atom stereocenters. The van der Waals surface area contributed by atoms with Crippen LogP contribution in [-0.2, 0) is 20.8 Å². The molecule has 0 saturated carbocycles. The van der Waals surface area contributed by atoms with E-state index < -0.39 is 10.1 Å². The topological polar surface area (TPSA) is 70.4 Å². The van der Waals surface area contributed by atoms with Crippen molar-refractivity contribution in [2.24, 2.45) is 0 Å². The van der Waals surface area contributed by atoms with Gasteiger partial charge in [-0.2, -0.15) is 13.4 Å². The summed E-state index contributed by atoms with van der Waals surface area (Å²) >= 11 is 0. The predicted octanol–water partition coefficient (Wildman–Crippen LogP) is 2.76. The standard InChI is InChI=1S/C17H18N2O4S/c1-13-7-9-14(10-8-13)24(20,21)23-12-11-19-16-6-4-3-5-15(16)18-17(19)22-2/h3-10H,11-12H2,1-2H3. The highest BCUT2D eigenvalue weighted by Gasteiger charge is 2.16. The normalized spacial score (nSPS) is 11.8. The molecule has 0 amide bonds. The minimum Gasteiger partial charge on any atom is -0.468 e. The van der Waals surface area contributed by atoms with Gasteiger partial charge in [0.05, 0.1) is 36.2 Å². The summed E-state index contributed by atoms with van der Waals surface area (Å²) in [7, 11) is -2.25. The highest BCUT2D eigenvalue weighted by Crippen LogP contribution is 2.21. The van der Waals surface area contributed by atoms with Gasteiger partial charge in [-0.05, 0) is 31.2 Å². The van der Waals surface area contributed by atoms with Gasteiger partial charge in [-0.15, -0.1) is 0 Å². The molecule has 0 spiro atoms. The molecular weight excluding hydrogens is 328 g/mol. The van der Waals surface area contributed by atoms with E-state index in [1.807, 2.05) is 31.2 Å². The van der Waals surface area contributed by atoms with E-state index in [9.17, 15) is 8.42 Å². The quantitative estimate of drug-likeness (QED) is 0.642. The second-order valence-electron chi connectivity index (χ2n) is 5.33. The number of imidazole rings is 1. The van der Waals surface area contributed by atoms with Crippen molar-refractivity contribution in [3.05, 3.63) is 54.1 Å². The molecule has 7 heteroatoms. The van der Waals surface area contributed by atoms with Crippen LogP contribution >= 0.6 is 0 Å². The number of nitrogens with zero attached hydrogens (tertiary/aromatic N) is 2. The Morgan fingerprint density at radius 1 is 1.08 bits per heavy atom. The molecule has 0 fully saturated rings. The Hall–Kier alpha value is -2.38. The van der Waals surface area contributed by atoms with Crippen molar-refractivity contribution in [2.45, 2.75) is 18.4 Å². The van der Waals surface area contributed by atoms with Crippen LogP contribution in [-0.4, -0.2) is 31.7 Å². The van der Waals surface area contributed by atoms with Crippen molar-refractivity contribution < 1.29 is 17.3 Å². The zero-order valence-corrected chi connectivity index (χ0v) is 14.3. The first-order valence-corrected chi connectivity index (χ1v) is 8.87. The number of hydrogen-bond acceptors (Lipinski definition) is 5. The van der Waals surface area contributed by atoms with Crippen LogP contribution in [0.1, 0.15) is 5.56 Å². The van der Waals surface area contributed by atoms with Crippen molar-refractivity contribution in [1.82, 2.24) is 9.55 Å². The minimum atomic E-state index is -3.78. The van der Waals surface area contributed by atoms with Crippen LogP contribution in [0.5, 0.6) is 6.01 Å². The fraction of sp³-hybridized carbons (Fsp3) is 0.235. The van der Waals surface area contributed by atoms with Crippen molar-refractivity contribution >= 4 is 21.2 Å². The van der Waals surface area contributed by atoms with E-state index in [-0.39, 0.29) is 11.5 Å². The molecule has 126 valence electrons. The van der Waals surface area contributed by atoms with E-state index in [4.69, 9.17) is 8.92 Å². The lowest BCUT2D eigenvalue weighted by Gasteiger charge is -2.09. The third-order valence-electron chi connectivity index (χ3n) is 3.67. The van der Waals surface area contributed by atoms with E-state index in [1.54, 1.807) is 16.7 Å². The Morgan fingerprint density at radius 2 is 1.79 bits per heavy atom. The lowest BCUT2D eigenvalue weighted by atomic mass is 10.2. The summed E-state index contributed by atoms with van der Waals surface area (Å²) in [6, 6.07) is 14.5. The molecule has 0 aliphatic rings. The molecule has 0 aliphatic heterocycles. The Labute approximate surface area is 140 Å². The zero-order chi connectivity index (χ0) is 17.2. The molecule has 0 bridgehead atoms. The summed E-state index contributed by atoms with van der Waals surface area (Å²) in [5.41, 5.74) is 2.64. The van der Waals surface area contributed by atoms with Crippen molar-refractivity contribution in [3.8, 4) is 6.01 Å². The van der Waals surface area contributed by atoms with Gasteiger partial charge >= 0.3 is 0 Å². The SMILES string of the molecule is COc1nc2ccccc2n1CCOS(=O)(=O)c1ccc(C)cc1. The second-order valence-corrected chi connectivity index (χ2v) is 6.94. The third kappa shape index (κ3) is 3.27. The number of fused-ring (bicyclic) bond motifs is 1. The number of aromatic nitrogens is 2. The number of rotatable bonds is 6. The van der Waals surface area contributed by atoms with Crippen LogP contribution in [0.15, 0.2) is 53.4 Å².